The monoisotopic (exact) mass is 417 g/mol. The largest absolute Gasteiger partial charge is 0.471 e. The second kappa shape index (κ2) is 9.29. The topological polar surface area (TPSA) is 56.2 Å². The molecule has 1 aromatic heterocycles. The third-order valence-electron chi connectivity index (χ3n) is 4.46. The van der Waals surface area contributed by atoms with Gasteiger partial charge in [0.1, 0.15) is 12.2 Å². The molecule has 1 heterocycles. The first-order chi connectivity index (χ1) is 14.7. The number of aromatic nitrogens is 2. The molecule has 4 aromatic rings. The summed E-state index contributed by atoms with van der Waals surface area (Å²) in [5.41, 5.74) is 3.05. The molecule has 0 spiro atoms. The second-order valence-corrected chi connectivity index (χ2v) is 7.21. The first kappa shape index (κ1) is 19.7. The van der Waals surface area contributed by atoms with Gasteiger partial charge in [0.05, 0.1) is 6.54 Å². The maximum atomic E-state index is 12.9. The molecule has 0 atom stereocenters. The SMILES string of the molecule is O=C(Nc1cccc(Cl)c1)c1cn(Cc2ccccc2)nc1OCc1ccccc1. The zero-order valence-electron chi connectivity index (χ0n) is 16.2. The summed E-state index contributed by atoms with van der Waals surface area (Å²) < 4.78 is 7.62. The van der Waals surface area contributed by atoms with Crippen LogP contribution in [0, 0.1) is 0 Å². The maximum absolute atomic E-state index is 12.9. The molecule has 0 unspecified atom stereocenters. The Labute approximate surface area is 179 Å². The number of nitrogens with zero attached hydrogens (tertiary/aromatic N) is 2. The lowest BCUT2D eigenvalue weighted by atomic mass is 10.2. The number of hydrogen-bond acceptors (Lipinski definition) is 3. The van der Waals surface area contributed by atoms with Gasteiger partial charge in [-0.2, -0.15) is 0 Å². The Kier molecular flexibility index (Phi) is 6.11. The lowest BCUT2D eigenvalue weighted by Gasteiger charge is -2.07. The van der Waals surface area contributed by atoms with Crippen LogP contribution in [0.5, 0.6) is 5.88 Å². The number of halogens is 1. The molecule has 4 rings (SSSR count). The quantitative estimate of drug-likeness (QED) is 0.437. The highest BCUT2D eigenvalue weighted by molar-refractivity contribution is 6.31. The van der Waals surface area contributed by atoms with E-state index in [9.17, 15) is 4.79 Å². The minimum atomic E-state index is -0.306. The number of ether oxygens (including phenoxy) is 1. The van der Waals surface area contributed by atoms with Crippen LogP contribution in [0.25, 0.3) is 0 Å². The summed E-state index contributed by atoms with van der Waals surface area (Å²) in [6.07, 6.45) is 1.70. The van der Waals surface area contributed by atoms with Crippen molar-refractivity contribution in [3.63, 3.8) is 0 Å². The Morgan fingerprint density at radius 1 is 0.933 bits per heavy atom. The maximum Gasteiger partial charge on any atom is 0.262 e. The van der Waals surface area contributed by atoms with Crippen molar-refractivity contribution in [2.75, 3.05) is 5.32 Å². The molecule has 0 aliphatic heterocycles. The molecular formula is C24H20ClN3O2. The third kappa shape index (κ3) is 5.07. The van der Waals surface area contributed by atoms with Gasteiger partial charge >= 0.3 is 0 Å². The Morgan fingerprint density at radius 3 is 2.33 bits per heavy atom. The summed E-state index contributed by atoms with van der Waals surface area (Å²) in [5.74, 6) is -0.0195. The zero-order valence-corrected chi connectivity index (χ0v) is 16.9. The Hall–Kier alpha value is -3.57. The molecular weight excluding hydrogens is 398 g/mol. The van der Waals surface area contributed by atoms with Crippen LogP contribution in [-0.4, -0.2) is 15.7 Å². The highest BCUT2D eigenvalue weighted by Crippen LogP contribution is 2.22. The molecule has 150 valence electrons. The van der Waals surface area contributed by atoms with E-state index in [1.54, 1.807) is 35.1 Å². The van der Waals surface area contributed by atoms with Crippen LogP contribution in [0.4, 0.5) is 5.69 Å². The number of amides is 1. The fourth-order valence-corrected chi connectivity index (χ4v) is 3.20. The molecule has 3 aromatic carbocycles. The van der Waals surface area contributed by atoms with Gasteiger partial charge in [-0.1, -0.05) is 78.3 Å². The van der Waals surface area contributed by atoms with Gasteiger partial charge in [-0.05, 0) is 29.3 Å². The van der Waals surface area contributed by atoms with Gasteiger partial charge in [0.25, 0.3) is 5.91 Å². The van der Waals surface area contributed by atoms with Crippen molar-refractivity contribution >= 4 is 23.2 Å². The van der Waals surface area contributed by atoms with E-state index in [-0.39, 0.29) is 11.8 Å². The summed E-state index contributed by atoms with van der Waals surface area (Å²) in [4.78, 5) is 12.9. The first-order valence-electron chi connectivity index (χ1n) is 9.52. The Morgan fingerprint density at radius 2 is 1.63 bits per heavy atom. The average Bonchev–Trinajstić information content (AvgIpc) is 3.16. The van der Waals surface area contributed by atoms with E-state index in [1.165, 1.54) is 0 Å². The summed E-state index contributed by atoms with van der Waals surface area (Å²) >= 11 is 6.03. The molecule has 0 saturated carbocycles. The van der Waals surface area contributed by atoms with Crippen LogP contribution in [0.1, 0.15) is 21.5 Å². The van der Waals surface area contributed by atoms with Crippen LogP contribution in [0.15, 0.2) is 91.1 Å². The molecule has 0 bridgehead atoms. The molecule has 30 heavy (non-hydrogen) atoms. The predicted octanol–water partition coefficient (Wildman–Crippen LogP) is 5.42. The van der Waals surface area contributed by atoms with Crippen LogP contribution >= 0.6 is 11.6 Å². The molecule has 0 radical (unpaired) electrons. The van der Waals surface area contributed by atoms with E-state index in [2.05, 4.69) is 10.4 Å². The second-order valence-electron chi connectivity index (χ2n) is 6.77. The van der Waals surface area contributed by atoms with Crippen molar-refractivity contribution in [2.45, 2.75) is 13.2 Å². The number of rotatable bonds is 7. The molecule has 0 fully saturated rings. The van der Waals surface area contributed by atoms with E-state index >= 15 is 0 Å². The number of carbonyl (C=O) groups is 1. The molecule has 0 aliphatic carbocycles. The lowest BCUT2D eigenvalue weighted by molar-refractivity contribution is 0.102. The lowest BCUT2D eigenvalue weighted by Crippen LogP contribution is -2.12. The summed E-state index contributed by atoms with van der Waals surface area (Å²) in [6, 6.07) is 26.7. The van der Waals surface area contributed by atoms with Gasteiger partial charge in [-0.25, -0.2) is 0 Å². The minimum absolute atomic E-state index is 0.286. The Balaban J connectivity index is 1.57. The summed E-state index contributed by atoms with van der Waals surface area (Å²) in [5, 5.41) is 7.92. The van der Waals surface area contributed by atoms with Crippen LogP contribution < -0.4 is 10.1 Å². The summed E-state index contributed by atoms with van der Waals surface area (Å²) in [7, 11) is 0. The summed E-state index contributed by atoms with van der Waals surface area (Å²) in [6.45, 7) is 0.855. The van der Waals surface area contributed by atoms with E-state index in [4.69, 9.17) is 16.3 Å². The van der Waals surface area contributed by atoms with Gasteiger partial charge in [0, 0.05) is 16.9 Å². The fourth-order valence-electron chi connectivity index (χ4n) is 3.01. The average molecular weight is 418 g/mol. The van der Waals surface area contributed by atoms with Crippen molar-refractivity contribution in [2.24, 2.45) is 0 Å². The van der Waals surface area contributed by atoms with Crippen molar-refractivity contribution < 1.29 is 9.53 Å². The molecule has 5 nitrogen and oxygen atoms in total. The van der Waals surface area contributed by atoms with E-state index in [1.807, 2.05) is 60.7 Å². The van der Waals surface area contributed by atoms with Gasteiger partial charge in [-0.15, -0.1) is 5.10 Å². The number of carbonyl (C=O) groups excluding carboxylic acids is 1. The van der Waals surface area contributed by atoms with Gasteiger partial charge < -0.3 is 10.1 Å². The first-order valence-corrected chi connectivity index (χ1v) is 9.90. The van der Waals surface area contributed by atoms with Crippen LogP contribution in [0.3, 0.4) is 0 Å². The van der Waals surface area contributed by atoms with Crippen molar-refractivity contribution in [3.8, 4) is 5.88 Å². The van der Waals surface area contributed by atoms with Crippen molar-refractivity contribution in [1.29, 1.82) is 0 Å². The van der Waals surface area contributed by atoms with E-state index < -0.39 is 0 Å². The third-order valence-corrected chi connectivity index (χ3v) is 4.70. The van der Waals surface area contributed by atoms with Crippen molar-refractivity contribution in [3.05, 3.63) is 113 Å². The number of nitrogens with one attached hydrogen (secondary N) is 1. The molecule has 6 heteroatoms. The zero-order chi connectivity index (χ0) is 20.8. The standard InChI is InChI=1S/C24H20ClN3O2/c25-20-12-7-13-21(14-20)26-23(29)22-16-28(15-18-8-3-1-4-9-18)27-24(22)30-17-19-10-5-2-6-11-19/h1-14,16H,15,17H2,(H,26,29). The Bertz CT molecular complexity index is 1130. The fraction of sp³-hybridized carbons (Fsp3) is 0.0833. The molecule has 1 N–H and O–H groups in total. The van der Waals surface area contributed by atoms with Crippen LogP contribution in [-0.2, 0) is 13.2 Å². The molecule has 1 amide bonds. The molecule has 0 aliphatic rings. The predicted molar refractivity (Wildman–Crippen MR) is 118 cm³/mol. The highest BCUT2D eigenvalue weighted by atomic mass is 35.5. The van der Waals surface area contributed by atoms with Crippen LogP contribution in [0.2, 0.25) is 5.02 Å². The van der Waals surface area contributed by atoms with E-state index in [0.717, 1.165) is 11.1 Å². The number of benzene rings is 3. The smallest absolute Gasteiger partial charge is 0.262 e. The van der Waals surface area contributed by atoms with Crippen molar-refractivity contribution in [1.82, 2.24) is 9.78 Å². The molecule has 0 saturated heterocycles. The normalized spacial score (nSPS) is 10.6. The number of hydrogen-bond donors (Lipinski definition) is 1. The number of anilines is 1. The van der Waals surface area contributed by atoms with Gasteiger partial charge in [-0.3, -0.25) is 9.48 Å². The highest BCUT2D eigenvalue weighted by Gasteiger charge is 2.19. The van der Waals surface area contributed by atoms with E-state index in [0.29, 0.717) is 29.4 Å². The van der Waals surface area contributed by atoms with Gasteiger partial charge in [0.2, 0.25) is 5.88 Å². The van der Waals surface area contributed by atoms with Gasteiger partial charge in [0.15, 0.2) is 0 Å². The minimum Gasteiger partial charge on any atom is -0.471 e.